The molecule has 0 saturated carbocycles. The number of benzene rings is 1. The minimum absolute atomic E-state index is 0.265. The van der Waals surface area contributed by atoms with E-state index in [1.54, 1.807) is 36.7 Å². The topological polar surface area (TPSA) is 59.1 Å². The summed E-state index contributed by atoms with van der Waals surface area (Å²) in [5.41, 5.74) is 1.65. The number of hydrogen-bond donors (Lipinski definition) is 1. The van der Waals surface area contributed by atoms with Crippen molar-refractivity contribution in [1.29, 1.82) is 0 Å². The normalized spacial score (nSPS) is 12.9. The van der Waals surface area contributed by atoms with Gasteiger partial charge in [0, 0.05) is 12.4 Å². The van der Waals surface area contributed by atoms with Crippen LogP contribution in [0.1, 0.15) is 31.7 Å². The van der Waals surface area contributed by atoms with Gasteiger partial charge in [-0.05, 0) is 42.2 Å². The Morgan fingerprint density at radius 2 is 1.70 bits per heavy atom. The lowest BCUT2D eigenvalue weighted by molar-refractivity contribution is 0.601. The molecule has 4 nitrogen and oxygen atoms in total. The Labute approximate surface area is 119 Å². The zero-order valence-corrected chi connectivity index (χ0v) is 12.4. The van der Waals surface area contributed by atoms with Crippen molar-refractivity contribution < 1.29 is 8.42 Å². The predicted molar refractivity (Wildman–Crippen MR) is 80.2 cm³/mol. The van der Waals surface area contributed by atoms with Crippen molar-refractivity contribution >= 4 is 15.7 Å². The van der Waals surface area contributed by atoms with Gasteiger partial charge in [-0.15, -0.1) is 0 Å². The first-order valence-corrected chi connectivity index (χ1v) is 8.04. The number of nitrogens with one attached hydrogen (secondary N) is 1. The van der Waals surface area contributed by atoms with Crippen LogP contribution in [0.5, 0.6) is 0 Å². The van der Waals surface area contributed by atoms with Crippen LogP contribution in [0.4, 0.5) is 5.69 Å². The molecule has 0 bridgehead atoms. The average Bonchev–Trinajstić information content (AvgIpc) is 2.47. The van der Waals surface area contributed by atoms with Gasteiger partial charge in [-0.3, -0.25) is 9.71 Å². The molecule has 1 aromatic heterocycles. The predicted octanol–water partition coefficient (Wildman–Crippen LogP) is 3.40. The van der Waals surface area contributed by atoms with Crippen molar-refractivity contribution in [2.24, 2.45) is 0 Å². The monoisotopic (exact) mass is 290 g/mol. The van der Waals surface area contributed by atoms with Crippen molar-refractivity contribution in [3.63, 3.8) is 0 Å². The molecular weight excluding hydrogens is 272 g/mol. The maximum Gasteiger partial charge on any atom is 0.261 e. The van der Waals surface area contributed by atoms with Crippen LogP contribution in [0.2, 0.25) is 0 Å². The van der Waals surface area contributed by atoms with E-state index in [1.165, 1.54) is 0 Å². The number of nitrogens with zero attached hydrogens (tertiary/aromatic N) is 1. The summed E-state index contributed by atoms with van der Waals surface area (Å²) in [4.78, 5) is 4.12. The fourth-order valence-electron chi connectivity index (χ4n) is 1.85. The number of pyridine rings is 1. The maximum atomic E-state index is 12.2. The molecule has 0 aliphatic carbocycles. The quantitative estimate of drug-likeness (QED) is 0.918. The Balaban J connectivity index is 2.22. The van der Waals surface area contributed by atoms with Gasteiger partial charge in [0.2, 0.25) is 0 Å². The van der Waals surface area contributed by atoms with Crippen LogP contribution in [-0.4, -0.2) is 13.4 Å². The van der Waals surface area contributed by atoms with E-state index in [0.29, 0.717) is 11.6 Å². The summed E-state index contributed by atoms with van der Waals surface area (Å²) < 4.78 is 27.0. The molecular formula is C15H18N2O2S. The van der Waals surface area contributed by atoms with E-state index in [2.05, 4.69) is 23.6 Å². The molecule has 0 spiro atoms. The number of sulfonamides is 1. The molecule has 1 unspecified atom stereocenters. The first kappa shape index (κ1) is 14.5. The number of aromatic nitrogens is 1. The number of anilines is 1. The van der Waals surface area contributed by atoms with E-state index in [0.717, 1.165) is 12.0 Å². The molecule has 0 amide bonds. The van der Waals surface area contributed by atoms with Gasteiger partial charge in [-0.2, -0.15) is 0 Å². The third-order valence-corrected chi connectivity index (χ3v) is 4.70. The van der Waals surface area contributed by atoms with Crippen LogP contribution in [0, 0.1) is 0 Å². The smallest absolute Gasteiger partial charge is 0.261 e. The van der Waals surface area contributed by atoms with Crippen molar-refractivity contribution in [3.8, 4) is 0 Å². The lowest BCUT2D eigenvalue weighted by Crippen LogP contribution is -2.13. The van der Waals surface area contributed by atoms with Crippen molar-refractivity contribution in [2.45, 2.75) is 31.1 Å². The summed E-state index contributed by atoms with van der Waals surface area (Å²) in [7, 11) is -3.54. The Kier molecular flexibility index (Phi) is 4.39. The Bertz CT molecular complexity index is 652. The Morgan fingerprint density at radius 3 is 2.25 bits per heavy atom. The molecule has 1 aromatic carbocycles. The van der Waals surface area contributed by atoms with Crippen molar-refractivity contribution in [2.75, 3.05) is 4.72 Å². The molecule has 0 saturated heterocycles. The van der Waals surface area contributed by atoms with Crippen LogP contribution < -0.4 is 4.72 Å². The van der Waals surface area contributed by atoms with Gasteiger partial charge in [-0.25, -0.2) is 8.42 Å². The molecule has 1 heterocycles. The highest BCUT2D eigenvalue weighted by Crippen LogP contribution is 2.21. The summed E-state index contributed by atoms with van der Waals surface area (Å²) in [5, 5.41) is 0. The Hall–Kier alpha value is -1.88. The van der Waals surface area contributed by atoms with Gasteiger partial charge in [0.25, 0.3) is 10.0 Å². The van der Waals surface area contributed by atoms with Gasteiger partial charge in [0.1, 0.15) is 0 Å². The van der Waals surface area contributed by atoms with Crippen LogP contribution in [-0.2, 0) is 10.0 Å². The highest BCUT2D eigenvalue weighted by atomic mass is 32.2. The van der Waals surface area contributed by atoms with Gasteiger partial charge >= 0.3 is 0 Å². The molecule has 2 aromatic rings. The molecule has 5 heteroatoms. The average molecular weight is 290 g/mol. The summed E-state index contributed by atoms with van der Waals surface area (Å²) in [5.74, 6) is 0.430. The summed E-state index contributed by atoms with van der Waals surface area (Å²) in [6.45, 7) is 4.24. The SMILES string of the molecule is CCC(C)c1ccc(S(=O)(=O)Nc2ccncc2)cc1. The van der Waals surface area contributed by atoms with Gasteiger partial charge in [-0.1, -0.05) is 26.0 Å². The molecule has 1 N–H and O–H groups in total. The Morgan fingerprint density at radius 1 is 1.10 bits per heavy atom. The van der Waals surface area contributed by atoms with Gasteiger partial charge in [0.15, 0.2) is 0 Å². The van der Waals surface area contributed by atoms with Crippen LogP contribution in [0.15, 0.2) is 53.7 Å². The fraction of sp³-hybridized carbons (Fsp3) is 0.267. The molecule has 106 valence electrons. The third-order valence-electron chi connectivity index (χ3n) is 3.30. The molecule has 20 heavy (non-hydrogen) atoms. The number of rotatable bonds is 5. The maximum absolute atomic E-state index is 12.2. The molecule has 0 aliphatic heterocycles. The highest BCUT2D eigenvalue weighted by molar-refractivity contribution is 7.92. The van der Waals surface area contributed by atoms with Crippen molar-refractivity contribution in [3.05, 3.63) is 54.4 Å². The van der Waals surface area contributed by atoms with E-state index in [9.17, 15) is 8.42 Å². The molecule has 2 rings (SSSR count). The second-order valence-electron chi connectivity index (χ2n) is 4.72. The lowest BCUT2D eigenvalue weighted by Gasteiger charge is -2.11. The van der Waals surface area contributed by atoms with E-state index in [4.69, 9.17) is 0 Å². The second kappa shape index (κ2) is 6.05. The van der Waals surface area contributed by atoms with Gasteiger partial charge in [0.05, 0.1) is 10.6 Å². The van der Waals surface area contributed by atoms with E-state index < -0.39 is 10.0 Å². The van der Waals surface area contributed by atoms with Crippen molar-refractivity contribution in [1.82, 2.24) is 4.98 Å². The largest absolute Gasteiger partial charge is 0.280 e. The molecule has 1 atom stereocenters. The molecule has 0 aliphatic rings. The first-order valence-electron chi connectivity index (χ1n) is 6.55. The van der Waals surface area contributed by atoms with Crippen LogP contribution >= 0.6 is 0 Å². The third kappa shape index (κ3) is 3.36. The summed E-state index contributed by atoms with van der Waals surface area (Å²) >= 11 is 0. The zero-order chi connectivity index (χ0) is 14.6. The number of hydrogen-bond acceptors (Lipinski definition) is 3. The standard InChI is InChI=1S/C15H18N2O2S/c1-3-12(2)13-4-6-15(7-5-13)20(18,19)17-14-8-10-16-11-9-14/h4-12H,3H2,1-2H3,(H,16,17). The fourth-order valence-corrected chi connectivity index (χ4v) is 2.90. The molecule has 0 fully saturated rings. The van der Waals surface area contributed by atoms with E-state index in [1.807, 2.05) is 12.1 Å². The lowest BCUT2D eigenvalue weighted by atomic mass is 9.99. The minimum atomic E-state index is -3.54. The van der Waals surface area contributed by atoms with E-state index in [-0.39, 0.29) is 4.90 Å². The van der Waals surface area contributed by atoms with Gasteiger partial charge < -0.3 is 0 Å². The van der Waals surface area contributed by atoms with E-state index >= 15 is 0 Å². The highest BCUT2D eigenvalue weighted by Gasteiger charge is 2.14. The zero-order valence-electron chi connectivity index (χ0n) is 11.6. The minimum Gasteiger partial charge on any atom is -0.280 e. The van der Waals surface area contributed by atoms with Crippen LogP contribution in [0.3, 0.4) is 0 Å². The summed E-state index contributed by atoms with van der Waals surface area (Å²) in [6.07, 6.45) is 4.12. The van der Waals surface area contributed by atoms with Crippen LogP contribution in [0.25, 0.3) is 0 Å². The first-order chi connectivity index (χ1) is 9.53. The second-order valence-corrected chi connectivity index (χ2v) is 6.40. The summed E-state index contributed by atoms with van der Waals surface area (Å²) in [6, 6.07) is 10.3. The molecule has 0 radical (unpaired) electrons.